The summed E-state index contributed by atoms with van der Waals surface area (Å²) in [5.74, 6) is -0.0674. The second-order valence-electron chi connectivity index (χ2n) is 6.46. The number of hydrogen-bond acceptors (Lipinski definition) is 5. The van der Waals surface area contributed by atoms with Gasteiger partial charge in [-0.05, 0) is 37.6 Å². The first-order valence-corrected chi connectivity index (χ1v) is 8.08. The summed E-state index contributed by atoms with van der Waals surface area (Å²) >= 11 is 0. The lowest BCUT2D eigenvalue weighted by Gasteiger charge is -2.15. The molecule has 0 aliphatic carbocycles. The van der Waals surface area contributed by atoms with Gasteiger partial charge in [-0.2, -0.15) is 9.61 Å². The van der Waals surface area contributed by atoms with Crippen molar-refractivity contribution in [2.75, 3.05) is 0 Å². The third-order valence-electron chi connectivity index (χ3n) is 4.13. The van der Waals surface area contributed by atoms with E-state index in [1.54, 1.807) is 56.6 Å². The molecule has 1 N–H and O–H groups in total. The number of aromatic nitrogens is 5. The van der Waals surface area contributed by atoms with E-state index in [9.17, 15) is 5.11 Å². The van der Waals surface area contributed by atoms with Crippen LogP contribution in [-0.2, 0) is 5.60 Å². The minimum absolute atomic E-state index is 0.299. The largest absolute Gasteiger partial charge is 0.384 e. The molecule has 0 saturated carbocycles. The maximum atomic E-state index is 15.2. The number of nitrogens with zero attached hydrogens (tertiary/aromatic N) is 5. The Morgan fingerprint density at radius 3 is 2.50 bits per heavy atom. The highest BCUT2D eigenvalue weighted by atomic mass is 19.1. The molecule has 0 saturated heterocycles. The molecule has 0 fully saturated rings. The van der Waals surface area contributed by atoms with E-state index >= 15 is 4.39 Å². The zero-order chi connectivity index (χ0) is 18.3. The molecule has 4 rings (SSSR count). The van der Waals surface area contributed by atoms with E-state index < -0.39 is 5.60 Å². The van der Waals surface area contributed by atoms with Gasteiger partial charge in [0.2, 0.25) is 0 Å². The van der Waals surface area contributed by atoms with Crippen LogP contribution in [0.25, 0.3) is 28.2 Å². The highest BCUT2D eigenvalue weighted by Crippen LogP contribution is 2.30. The fourth-order valence-corrected chi connectivity index (χ4v) is 2.74. The van der Waals surface area contributed by atoms with E-state index in [1.165, 1.54) is 16.9 Å². The Bertz CT molecular complexity index is 1090. The van der Waals surface area contributed by atoms with Gasteiger partial charge in [-0.25, -0.2) is 14.4 Å². The van der Waals surface area contributed by atoms with Crippen molar-refractivity contribution >= 4 is 5.78 Å². The Morgan fingerprint density at radius 1 is 1.04 bits per heavy atom. The van der Waals surface area contributed by atoms with E-state index in [0.717, 1.165) is 5.56 Å². The molecular formula is C19H16FN5O. The van der Waals surface area contributed by atoms with Gasteiger partial charge < -0.3 is 5.11 Å². The van der Waals surface area contributed by atoms with Gasteiger partial charge >= 0.3 is 0 Å². The van der Waals surface area contributed by atoms with Crippen molar-refractivity contribution in [1.29, 1.82) is 0 Å². The number of rotatable bonds is 3. The van der Waals surface area contributed by atoms with Crippen molar-refractivity contribution < 1.29 is 9.50 Å². The number of aliphatic hydroxyl groups is 1. The maximum absolute atomic E-state index is 15.2. The second kappa shape index (κ2) is 5.96. The number of imidazole rings is 1. The number of halogens is 1. The molecule has 3 aromatic heterocycles. The van der Waals surface area contributed by atoms with Gasteiger partial charge in [-0.15, -0.1) is 0 Å². The van der Waals surface area contributed by atoms with Crippen LogP contribution in [0.2, 0.25) is 0 Å². The van der Waals surface area contributed by atoms with E-state index in [-0.39, 0.29) is 5.82 Å². The third kappa shape index (κ3) is 2.72. The standard InChI is InChI=1S/C19H16FN5O/c1-19(2,26)16-11-23-25-15(10-22-18(25)24-16)14-5-3-4-13(17(14)20)12-6-8-21-9-7-12/h3-11,26H,1-2H3. The molecule has 1 aromatic carbocycles. The van der Waals surface area contributed by atoms with Gasteiger partial charge in [0, 0.05) is 23.5 Å². The minimum Gasteiger partial charge on any atom is -0.384 e. The van der Waals surface area contributed by atoms with Crippen molar-refractivity contribution in [2.45, 2.75) is 19.4 Å². The van der Waals surface area contributed by atoms with Crippen LogP contribution >= 0.6 is 0 Å². The Hall–Kier alpha value is -3.19. The summed E-state index contributed by atoms with van der Waals surface area (Å²) < 4.78 is 16.6. The fourth-order valence-electron chi connectivity index (χ4n) is 2.74. The second-order valence-corrected chi connectivity index (χ2v) is 6.46. The van der Waals surface area contributed by atoms with Crippen LogP contribution < -0.4 is 0 Å². The molecular weight excluding hydrogens is 333 g/mol. The number of fused-ring (bicyclic) bond motifs is 1. The van der Waals surface area contributed by atoms with Crippen molar-refractivity contribution in [1.82, 2.24) is 24.6 Å². The van der Waals surface area contributed by atoms with Crippen molar-refractivity contribution in [3.63, 3.8) is 0 Å². The third-order valence-corrected chi connectivity index (χ3v) is 4.13. The fraction of sp³-hybridized carbons (Fsp3) is 0.158. The molecule has 7 heteroatoms. The Labute approximate surface area is 149 Å². The topological polar surface area (TPSA) is 76.2 Å². The van der Waals surface area contributed by atoms with Gasteiger partial charge in [0.05, 0.1) is 23.8 Å². The van der Waals surface area contributed by atoms with Crippen LogP contribution in [-0.4, -0.2) is 29.7 Å². The average Bonchev–Trinajstić information content (AvgIpc) is 3.05. The van der Waals surface area contributed by atoms with E-state index in [1.807, 2.05) is 0 Å². The molecule has 0 atom stereocenters. The van der Waals surface area contributed by atoms with E-state index in [4.69, 9.17) is 0 Å². The Morgan fingerprint density at radius 2 is 1.77 bits per heavy atom. The maximum Gasteiger partial charge on any atom is 0.251 e. The first-order chi connectivity index (χ1) is 12.4. The van der Waals surface area contributed by atoms with Gasteiger partial charge in [0.15, 0.2) is 0 Å². The summed E-state index contributed by atoms with van der Waals surface area (Å²) in [4.78, 5) is 12.5. The highest BCUT2D eigenvalue weighted by molar-refractivity contribution is 5.73. The predicted octanol–water partition coefficient (Wildman–Crippen LogP) is 3.22. The molecule has 0 unspecified atom stereocenters. The Balaban J connectivity index is 1.86. The predicted molar refractivity (Wildman–Crippen MR) is 94.7 cm³/mol. The molecule has 6 nitrogen and oxygen atoms in total. The van der Waals surface area contributed by atoms with Gasteiger partial charge in [0.1, 0.15) is 11.4 Å². The van der Waals surface area contributed by atoms with Crippen molar-refractivity contribution in [2.24, 2.45) is 0 Å². The SMILES string of the molecule is CC(C)(O)c1cnn2c(-c3cccc(-c4ccncc4)c3F)cnc2n1. The summed E-state index contributed by atoms with van der Waals surface area (Å²) in [6.45, 7) is 3.24. The molecule has 3 heterocycles. The monoisotopic (exact) mass is 349 g/mol. The van der Waals surface area contributed by atoms with Crippen LogP contribution in [0.4, 0.5) is 4.39 Å². The lowest BCUT2D eigenvalue weighted by molar-refractivity contribution is 0.0734. The molecule has 0 spiro atoms. The average molecular weight is 349 g/mol. The summed E-state index contributed by atoms with van der Waals surface area (Å²) in [5, 5.41) is 14.4. The molecule has 0 amide bonds. The van der Waals surface area contributed by atoms with Crippen LogP contribution in [0.1, 0.15) is 19.5 Å². The molecule has 0 bridgehead atoms. The van der Waals surface area contributed by atoms with E-state index in [0.29, 0.717) is 28.3 Å². The summed E-state index contributed by atoms with van der Waals surface area (Å²) in [7, 11) is 0. The summed E-state index contributed by atoms with van der Waals surface area (Å²) in [5.41, 5.74) is 1.34. The summed E-state index contributed by atoms with van der Waals surface area (Å²) in [6.07, 6.45) is 6.24. The summed E-state index contributed by atoms with van der Waals surface area (Å²) in [6, 6.07) is 8.69. The van der Waals surface area contributed by atoms with Crippen LogP contribution in [0.3, 0.4) is 0 Å². The number of hydrogen-bond donors (Lipinski definition) is 1. The minimum atomic E-state index is -1.13. The van der Waals surface area contributed by atoms with Gasteiger partial charge in [-0.3, -0.25) is 4.98 Å². The zero-order valence-corrected chi connectivity index (χ0v) is 14.3. The van der Waals surface area contributed by atoms with Gasteiger partial charge in [0.25, 0.3) is 5.78 Å². The van der Waals surface area contributed by atoms with Gasteiger partial charge in [-0.1, -0.05) is 12.1 Å². The first-order valence-electron chi connectivity index (χ1n) is 8.08. The number of benzene rings is 1. The zero-order valence-electron chi connectivity index (χ0n) is 14.3. The van der Waals surface area contributed by atoms with Crippen LogP contribution in [0, 0.1) is 5.82 Å². The molecule has 0 aliphatic rings. The first kappa shape index (κ1) is 16.3. The molecule has 4 aromatic rings. The molecule has 0 radical (unpaired) electrons. The number of pyridine rings is 1. The van der Waals surface area contributed by atoms with Crippen molar-refractivity contribution in [3.05, 3.63) is 66.6 Å². The van der Waals surface area contributed by atoms with Crippen LogP contribution in [0.15, 0.2) is 55.1 Å². The van der Waals surface area contributed by atoms with Crippen molar-refractivity contribution in [3.8, 4) is 22.4 Å². The smallest absolute Gasteiger partial charge is 0.251 e. The van der Waals surface area contributed by atoms with E-state index in [2.05, 4.69) is 20.1 Å². The molecule has 26 heavy (non-hydrogen) atoms. The lowest BCUT2D eigenvalue weighted by Crippen LogP contribution is -2.19. The lowest BCUT2D eigenvalue weighted by atomic mass is 10.0. The molecule has 0 aliphatic heterocycles. The Kier molecular flexibility index (Phi) is 3.73. The highest BCUT2D eigenvalue weighted by Gasteiger charge is 2.21. The molecule has 130 valence electrons. The quantitative estimate of drug-likeness (QED) is 0.614. The van der Waals surface area contributed by atoms with Crippen LogP contribution in [0.5, 0.6) is 0 Å². The normalized spacial score (nSPS) is 11.8.